The molecular weight excluding hydrogens is 375 g/mol. The molecule has 0 aliphatic heterocycles. The lowest BCUT2D eigenvalue weighted by molar-refractivity contribution is -0.212. The average Bonchev–Trinajstić information content (AvgIpc) is 2.69. The van der Waals surface area contributed by atoms with Gasteiger partial charge in [-0.25, -0.2) is 8.78 Å². The molecular formula is C22H23F5O. The summed E-state index contributed by atoms with van der Waals surface area (Å²) in [5.74, 6) is -2.05. The Bertz CT molecular complexity index is 776. The van der Waals surface area contributed by atoms with E-state index in [1.807, 2.05) is 0 Å². The summed E-state index contributed by atoms with van der Waals surface area (Å²) >= 11 is 0. The molecule has 0 heterocycles. The summed E-state index contributed by atoms with van der Waals surface area (Å²) in [5.41, 5.74) is 1.47. The van der Waals surface area contributed by atoms with Gasteiger partial charge in [-0.15, -0.1) is 0 Å². The molecule has 2 rings (SSSR count). The molecule has 0 spiro atoms. The Morgan fingerprint density at radius 3 is 1.71 bits per heavy atom. The Morgan fingerprint density at radius 2 is 1.32 bits per heavy atom. The maximum Gasteiger partial charge on any atom is 0.414 e. The van der Waals surface area contributed by atoms with Crippen molar-refractivity contribution in [2.24, 2.45) is 0 Å². The molecule has 152 valence electrons. The second-order valence-electron chi connectivity index (χ2n) is 6.60. The van der Waals surface area contributed by atoms with Crippen molar-refractivity contribution in [1.82, 2.24) is 0 Å². The molecule has 6 heteroatoms. The van der Waals surface area contributed by atoms with E-state index in [4.69, 9.17) is 0 Å². The van der Waals surface area contributed by atoms with Crippen LogP contribution >= 0.6 is 0 Å². The lowest BCUT2D eigenvalue weighted by Crippen LogP contribution is -2.32. The fraction of sp³-hybridized carbons (Fsp3) is 0.364. The third kappa shape index (κ3) is 5.89. The van der Waals surface area contributed by atoms with Gasteiger partial charge >= 0.3 is 6.18 Å². The van der Waals surface area contributed by atoms with Gasteiger partial charge in [-0.05, 0) is 24.0 Å². The highest BCUT2D eigenvalue weighted by molar-refractivity contribution is 5.83. The molecule has 0 bridgehead atoms. The van der Waals surface area contributed by atoms with E-state index in [2.05, 4.69) is 11.7 Å². The van der Waals surface area contributed by atoms with Gasteiger partial charge in [0.15, 0.2) is 17.8 Å². The van der Waals surface area contributed by atoms with Crippen LogP contribution in [0.25, 0.3) is 11.7 Å². The van der Waals surface area contributed by atoms with E-state index in [1.54, 1.807) is 12.1 Å². The molecule has 1 unspecified atom stereocenters. The van der Waals surface area contributed by atoms with Gasteiger partial charge in [0.05, 0.1) is 0 Å². The highest BCUT2D eigenvalue weighted by atomic mass is 19.4. The lowest BCUT2D eigenvalue weighted by atomic mass is 10.0. The molecule has 1 nitrogen and oxygen atoms in total. The molecule has 0 saturated carbocycles. The molecule has 2 aromatic rings. The van der Waals surface area contributed by atoms with Crippen molar-refractivity contribution in [3.05, 3.63) is 70.8 Å². The second-order valence-corrected chi connectivity index (χ2v) is 6.60. The van der Waals surface area contributed by atoms with Gasteiger partial charge in [0, 0.05) is 24.7 Å². The van der Waals surface area contributed by atoms with Crippen LogP contribution in [0.2, 0.25) is 0 Å². The van der Waals surface area contributed by atoms with Crippen LogP contribution in [0.5, 0.6) is 0 Å². The molecule has 0 amide bonds. The Hall–Kier alpha value is -2.21. The van der Waals surface area contributed by atoms with E-state index in [0.717, 1.165) is 31.9 Å². The number of hydrogen-bond acceptors (Lipinski definition) is 1. The summed E-state index contributed by atoms with van der Waals surface area (Å²) < 4.78 is 71.7. The summed E-state index contributed by atoms with van der Waals surface area (Å²) in [5, 5.41) is 0. The number of ether oxygens (including phenoxy) is 1. The van der Waals surface area contributed by atoms with E-state index in [1.165, 1.54) is 36.4 Å². The lowest BCUT2D eigenvalue weighted by Gasteiger charge is -2.18. The minimum atomic E-state index is -4.49. The summed E-state index contributed by atoms with van der Waals surface area (Å²) in [7, 11) is 0.984. The van der Waals surface area contributed by atoms with Gasteiger partial charge in [-0.2, -0.15) is 13.2 Å². The Balaban J connectivity index is 2.15. The number of methoxy groups -OCH3 is 1. The first kappa shape index (κ1) is 22.1. The van der Waals surface area contributed by atoms with Crippen molar-refractivity contribution >= 4 is 11.7 Å². The maximum atomic E-state index is 14.5. The average molecular weight is 398 g/mol. The molecule has 0 aromatic heterocycles. The molecule has 0 aliphatic carbocycles. The first-order chi connectivity index (χ1) is 13.3. The van der Waals surface area contributed by atoms with Crippen LogP contribution in [-0.2, 0) is 17.6 Å². The van der Waals surface area contributed by atoms with E-state index in [0.29, 0.717) is 5.56 Å². The fourth-order valence-corrected chi connectivity index (χ4v) is 2.79. The van der Waals surface area contributed by atoms with Gasteiger partial charge in [-0.3, -0.25) is 0 Å². The number of unbranched alkanes of at least 4 members (excludes halogenated alkanes) is 1. The topological polar surface area (TPSA) is 9.23 Å². The van der Waals surface area contributed by atoms with Crippen LogP contribution in [0.4, 0.5) is 22.0 Å². The monoisotopic (exact) mass is 398 g/mol. The van der Waals surface area contributed by atoms with Crippen LogP contribution in [-0.4, -0.2) is 19.4 Å². The van der Waals surface area contributed by atoms with Crippen molar-refractivity contribution in [2.75, 3.05) is 7.11 Å². The zero-order valence-electron chi connectivity index (χ0n) is 15.8. The van der Waals surface area contributed by atoms with E-state index in [9.17, 15) is 22.0 Å². The quantitative estimate of drug-likeness (QED) is 0.347. The van der Waals surface area contributed by atoms with Gasteiger partial charge in [0.25, 0.3) is 0 Å². The second kappa shape index (κ2) is 9.82. The molecule has 0 aliphatic rings. The molecule has 0 saturated heterocycles. The molecule has 0 radical (unpaired) electrons. The largest absolute Gasteiger partial charge is 0.414 e. The predicted molar refractivity (Wildman–Crippen MR) is 101 cm³/mol. The molecule has 1 atom stereocenters. The van der Waals surface area contributed by atoms with Crippen LogP contribution in [0.3, 0.4) is 0 Å². The first-order valence-corrected chi connectivity index (χ1v) is 9.09. The smallest absolute Gasteiger partial charge is 0.372 e. The maximum absolute atomic E-state index is 14.5. The SMILES string of the molecule is CCCCc1ccc(/C(F)=C(/F)c2ccc(CC(OC)C(F)(F)F)cc2)cc1. The van der Waals surface area contributed by atoms with Crippen LogP contribution < -0.4 is 0 Å². The summed E-state index contributed by atoms with van der Waals surface area (Å²) in [6.45, 7) is 2.08. The number of halogens is 5. The zero-order chi connectivity index (χ0) is 20.7. The van der Waals surface area contributed by atoms with Gasteiger partial charge in [0.2, 0.25) is 0 Å². The Labute approximate surface area is 161 Å². The van der Waals surface area contributed by atoms with Crippen molar-refractivity contribution < 1.29 is 26.7 Å². The van der Waals surface area contributed by atoms with Gasteiger partial charge < -0.3 is 4.74 Å². The number of benzene rings is 2. The van der Waals surface area contributed by atoms with Crippen LogP contribution in [0, 0.1) is 0 Å². The standard InChI is InChI=1S/C22H23F5O/c1-3-4-5-15-6-10-17(11-7-15)20(23)21(24)18-12-8-16(9-13-18)14-19(28-2)22(25,26)27/h6-13,19H,3-5,14H2,1-2H3/b21-20-. The predicted octanol–water partition coefficient (Wildman–Crippen LogP) is 6.91. The highest BCUT2D eigenvalue weighted by Gasteiger charge is 2.39. The van der Waals surface area contributed by atoms with Crippen molar-refractivity contribution in [3.8, 4) is 0 Å². The molecule has 28 heavy (non-hydrogen) atoms. The Morgan fingerprint density at radius 1 is 0.857 bits per heavy atom. The van der Waals surface area contributed by atoms with Gasteiger partial charge in [0.1, 0.15) is 0 Å². The molecule has 2 aromatic carbocycles. The normalized spacial score (nSPS) is 14.0. The summed E-state index contributed by atoms with van der Waals surface area (Å²) in [6, 6.07) is 11.8. The van der Waals surface area contributed by atoms with Crippen LogP contribution in [0.1, 0.15) is 42.0 Å². The molecule has 0 N–H and O–H groups in total. The van der Waals surface area contributed by atoms with Gasteiger partial charge in [-0.1, -0.05) is 61.9 Å². The number of alkyl halides is 3. The third-order valence-corrected chi connectivity index (χ3v) is 4.50. The zero-order valence-corrected chi connectivity index (χ0v) is 15.8. The van der Waals surface area contributed by atoms with Crippen LogP contribution in [0.15, 0.2) is 48.5 Å². The summed E-state index contributed by atoms with van der Waals surface area (Å²) in [4.78, 5) is 0. The Kier molecular flexibility index (Phi) is 7.75. The van der Waals surface area contributed by atoms with Crippen molar-refractivity contribution in [2.45, 2.75) is 44.9 Å². The van der Waals surface area contributed by atoms with E-state index >= 15 is 0 Å². The minimum absolute atomic E-state index is 0.0303. The number of rotatable bonds is 8. The first-order valence-electron chi connectivity index (χ1n) is 9.09. The fourth-order valence-electron chi connectivity index (χ4n) is 2.79. The third-order valence-electron chi connectivity index (χ3n) is 4.50. The minimum Gasteiger partial charge on any atom is -0.372 e. The number of aryl methyl sites for hydroxylation is 1. The highest BCUT2D eigenvalue weighted by Crippen LogP contribution is 2.30. The van der Waals surface area contributed by atoms with Crippen molar-refractivity contribution in [3.63, 3.8) is 0 Å². The number of hydrogen-bond donors (Lipinski definition) is 0. The van der Waals surface area contributed by atoms with Crippen molar-refractivity contribution in [1.29, 1.82) is 0 Å². The summed E-state index contributed by atoms with van der Waals surface area (Å²) in [6.07, 6.45) is -3.87. The van der Waals surface area contributed by atoms with E-state index in [-0.39, 0.29) is 11.1 Å². The van der Waals surface area contributed by atoms with E-state index < -0.39 is 30.4 Å². The molecule has 0 fully saturated rings.